The molecule has 1 atom stereocenters. The molecule has 29 heavy (non-hydrogen) atoms. The molecule has 1 aromatic carbocycles. The molecule has 1 aromatic heterocycles. The number of ether oxygens (including phenoxy) is 2. The summed E-state index contributed by atoms with van der Waals surface area (Å²) in [6.07, 6.45) is 12.0. The Labute approximate surface area is 172 Å². The molecule has 2 aromatic rings. The molecule has 1 unspecified atom stereocenters. The van der Waals surface area contributed by atoms with Gasteiger partial charge in [-0.1, -0.05) is 25.2 Å². The number of benzene rings is 1. The van der Waals surface area contributed by atoms with Gasteiger partial charge in [-0.3, -0.25) is 9.78 Å². The molecule has 0 radical (unpaired) electrons. The van der Waals surface area contributed by atoms with Gasteiger partial charge in [-0.2, -0.15) is 0 Å². The van der Waals surface area contributed by atoms with E-state index in [1.54, 1.807) is 6.20 Å². The topological polar surface area (TPSA) is 60.5 Å². The molecule has 1 aliphatic rings. The van der Waals surface area contributed by atoms with E-state index in [1.165, 1.54) is 0 Å². The second kappa shape index (κ2) is 9.92. The third-order valence-electron chi connectivity index (χ3n) is 4.86. The molecule has 0 spiro atoms. The minimum absolute atomic E-state index is 0.0221. The normalized spacial score (nSPS) is 18.2. The average Bonchev–Trinajstić information content (AvgIpc) is 2.74. The van der Waals surface area contributed by atoms with Crippen LogP contribution in [0.3, 0.4) is 0 Å². The van der Waals surface area contributed by atoms with Gasteiger partial charge >= 0.3 is 0 Å². The van der Waals surface area contributed by atoms with Crippen LogP contribution in [0.2, 0.25) is 0 Å². The lowest BCUT2D eigenvalue weighted by Gasteiger charge is -2.23. The molecule has 0 bridgehead atoms. The van der Waals surface area contributed by atoms with Crippen LogP contribution < -0.4 is 14.8 Å². The molecular weight excluding hydrogens is 364 g/mol. The van der Waals surface area contributed by atoms with E-state index in [9.17, 15) is 4.79 Å². The highest BCUT2D eigenvalue weighted by molar-refractivity contribution is 5.86. The number of allylic oxidation sites excluding steroid dienone is 5. The average molecular weight is 392 g/mol. The van der Waals surface area contributed by atoms with E-state index >= 15 is 0 Å². The molecular formula is C24H28N2O3. The maximum absolute atomic E-state index is 11.4. The first-order chi connectivity index (χ1) is 14.1. The SMILES string of the molecule is C\C=C(C)/C(=C\C=C\CC)Oc1ccnc2ccc(OC3CCC(=O)NC3)cc12. The molecule has 1 N–H and O–H groups in total. The molecule has 0 saturated carbocycles. The number of fused-ring (bicyclic) bond motifs is 1. The Balaban J connectivity index is 1.88. The number of amides is 1. The highest BCUT2D eigenvalue weighted by atomic mass is 16.5. The summed E-state index contributed by atoms with van der Waals surface area (Å²) in [5.74, 6) is 2.36. The van der Waals surface area contributed by atoms with E-state index in [1.807, 2.05) is 56.3 Å². The first-order valence-corrected chi connectivity index (χ1v) is 10.1. The van der Waals surface area contributed by atoms with E-state index in [0.29, 0.717) is 13.0 Å². The van der Waals surface area contributed by atoms with Gasteiger partial charge in [0, 0.05) is 18.0 Å². The van der Waals surface area contributed by atoms with Crippen molar-refractivity contribution in [2.45, 2.75) is 46.1 Å². The Bertz CT molecular complexity index is 950. The van der Waals surface area contributed by atoms with Crippen LogP contribution in [0, 0.1) is 0 Å². The van der Waals surface area contributed by atoms with Gasteiger partial charge in [0.05, 0.1) is 12.1 Å². The fourth-order valence-corrected chi connectivity index (χ4v) is 3.06. The van der Waals surface area contributed by atoms with Crippen molar-refractivity contribution in [2.75, 3.05) is 6.54 Å². The van der Waals surface area contributed by atoms with Gasteiger partial charge in [0.25, 0.3) is 0 Å². The Morgan fingerprint density at radius 3 is 2.93 bits per heavy atom. The third kappa shape index (κ3) is 5.47. The number of rotatable bonds is 7. The van der Waals surface area contributed by atoms with E-state index in [0.717, 1.165) is 46.6 Å². The number of carbonyl (C=O) groups is 1. The number of piperidine rings is 1. The van der Waals surface area contributed by atoms with Crippen LogP contribution in [0.4, 0.5) is 0 Å². The van der Waals surface area contributed by atoms with Crippen molar-refractivity contribution >= 4 is 16.8 Å². The van der Waals surface area contributed by atoms with Crippen molar-refractivity contribution in [3.8, 4) is 11.5 Å². The van der Waals surface area contributed by atoms with Gasteiger partial charge in [-0.15, -0.1) is 0 Å². The molecule has 0 aliphatic carbocycles. The summed E-state index contributed by atoms with van der Waals surface area (Å²) in [6.45, 7) is 6.66. The van der Waals surface area contributed by atoms with Crippen LogP contribution in [-0.4, -0.2) is 23.5 Å². The molecule has 1 amide bonds. The van der Waals surface area contributed by atoms with E-state index in [4.69, 9.17) is 9.47 Å². The zero-order chi connectivity index (χ0) is 20.6. The highest BCUT2D eigenvalue weighted by Crippen LogP contribution is 2.31. The lowest BCUT2D eigenvalue weighted by molar-refractivity contribution is -0.123. The first-order valence-electron chi connectivity index (χ1n) is 10.1. The van der Waals surface area contributed by atoms with Crippen LogP contribution >= 0.6 is 0 Å². The highest BCUT2D eigenvalue weighted by Gasteiger charge is 2.19. The molecule has 5 nitrogen and oxygen atoms in total. The lowest BCUT2D eigenvalue weighted by Crippen LogP contribution is -2.40. The smallest absolute Gasteiger partial charge is 0.220 e. The summed E-state index contributed by atoms with van der Waals surface area (Å²) in [5, 5.41) is 3.74. The van der Waals surface area contributed by atoms with Gasteiger partial charge in [0.1, 0.15) is 23.4 Å². The van der Waals surface area contributed by atoms with Crippen LogP contribution in [0.15, 0.2) is 66.1 Å². The summed E-state index contributed by atoms with van der Waals surface area (Å²) in [4.78, 5) is 15.8. The quantitative estimate of drug-likeness (QED) is 0.527. The molecule has 1 saturated heterocycles. The largest absolute Gasteiger partial charge is 0.489 e. The minimum atomic E-state index is -0.0221. The number of nitrogens with zero attached hydrogens (tertiary/aromatic N) is 1. The summed E-state index contributed by atoms with van der Waals surface area (Å²) >= 11 is 0. The fraction of sp³-hybridized carbons (Fsp3) is 0.333. The lowest BCUT2D eigenvalue weighted by atomic mass is 10.1. The van der Waals surface area contributed by atoms with Crippen LogP contribution in [0.1, 0.15) is 40.0 Å². The standard InChI is InChI=1S/C24H28N2O3/c1-4-6-7-8-22(17(3)5-2)29-23-13-14-25-21-11-9-18(15-20(21)23)28-19-10-12-24(27)26-16-19/h5-9,11,13-15,19H,4,10,12,16H2,1-3H3,(H,26,27)/b7-6+,17-5-,22-8+. The van der Waals surface area contributed by atoms with E-state index in [-0.39, 0.29) is 12.0 Å². The number of hydrogen-bond donors (Lipinski definition) is 1. The van der Waals surface area contributed by atoms with Crippen molar-refractivity contribution in [2.24, 2.45) is 0 Å². The molecule has 2 heterocycles. The number of carbonyl (C=O) groups excluding carboxylic acids is 1. The Kier molecular flexibility index (Phi) is 7.06. The summed E-state index contributed by atoms with van der Waals surface area (Å²) in [5.41, 5.74) is 1.90. The molecule has 1 aliphatic heterocycles. The maximum atomic E-state index is 11.4. The second-order valence-electron chi connectivity index (χ2n) is 7.01. The van der Waals surface area contributed by atoms with Crippen molar-refractivity contribution in [1.29, 1.82) is 0 Å². The minimum Gasteiger partial charge on any atom is -0.489 e. The van der Waals surface area contributed by atoms with Crippen LogP contribution in [-0.2, 0) is 4.79 Å². The van der Waals surface area contributed by atoms with E-state index in [2.05, 4.69) is 23.3 Å². The number of nitrogens with one attached hydrogen (secondary N) is 1. The summed E-state index contributed by atoms with van der Waals surface area (Å²) in [6, 6.07) is 7.67. The van der Waals surface area contributed by atoms with Crippen LogP contribution in [0.5, 0.6) is 11.5 Å². The monoisotopic (exact) mass is 392 g/mol. The predicted octanol–water partition coefficient (Wildman–Crippen LogP) is 5.09. The van der Waals surface area contributed by atoms with E-state index < -0.39 is 0 Å². The zero-order valence-corrected chi connectivity index (χ0v) is 17.3. The second-order valence-corrected chi connectivity index (χ2v) is 7.01. The molecule has 3 rings (SSSR count). The Hall–Kier alpha value is -3.08. The van der Waals surface area contributed by atoms with Gasteiger partial charge in [-0.05, 0) is 62.6 Å². The van der Waals surface area contributed by atoms with Crippen LogP contribution in [0.25, 0.3) is 10.9 Å². The third-order valence-corrected chi connectivity index (χ3v) is 4.86. The summed E-state index contributed by atoms with van der Waals surface area (Å²) in [7, 11) is 0. The maximum Gasteiger partial charge on any atom is 0.220 e. The molecule has 5 heteroatoms. The molecule has 1 fully saturated rings. The van der Waals surface area contributed by atoms with Gasteiger partial charge in [0.15, 0.2) is 0 Å². The molecule has 152 valence electrons. The predicted molar refractivity (Wildman–Crippen MR) is 116 cm³/mol. The van der Waals surface area contributed by atoms with Crippen molar-refractivity contribution < 1.29 is 14.3 Å². The number of pyridine rings is 1. The zero-order valence-electron chi connectivity index (χ0n) is 17.3. The van der Waals surface area contributed by atoms with Crippen molar-refractivity contribution in [1.82, 2.24) is 10.3 Å². The first kappa shape index (κ1) is 20.6. The van der Waals surface area contributed by atoms with Crippen molar-refractivity contribution in [3.63, 3.8) is 0 Å². The fourth-order valence-electron chi connectivity index (χ4n) is 3.06. The van der Waals surface area contributed by atoms with Gasteiger partial charge in [0.2, 0.25) is 5.91 Å². The Morgan fingerprint density at radius 1 is 1.34 bits per heavy atom. The number of hydrogen-bond acceptors (Lipinski definition) is 4. The Morgan fingerprint density at radius 2 is 2.21 bits per heavy atom. The number of aromatic nitrogens is 1. The van der Waals surface area contributed by atoms with Crippen molar-refractivity contribution in [3.05, 3.63) is 66.1 Å². The van der Waals surface area contributed by atoms with Gasteiger partial charge in [-0.25, -0.2) is 0 Å². The van der Waals surface area contributed by atoms with Gasteiger partial charge < -0.3 is 14.8 Å². The summed E-state index contributed by atoms with van der Waals surface area (Å²) < 4.78 is 12.4.